The van der Waals surface area contributed by atoms with Gasteiger partial charge in [-0.25, -0.2) is 4.79 Å². The van der Waals surface area contributed by atoms with Gasteiger partial charge in [-0.15, -0.1) is 9.24 Å². The summed E-state index contributed by atoms with van der Waals surface area (Å²) in [7, 11) is 4.16. The molecule has 0 aliphatic rings. The summed E-state index contributed by atoms with van der Waals surface area (Å²) >= 11 is 6.02. The van der Waals surface area contributed by atoms with Crippen LogP contribution in [0.5, 0.6) is 11.8 Å². The van der Waals surface area contributed by atoms with Gasteiger partial charge >= 0.3 is 11.7 Å². The van der Waals surface area contributed by atoms with Crippen LogP contribution in [0.1, 0.15) is 12.0 Å². The van der Waals surface area contributed by atoms with E-state index in [2.05, 4.69) is 14.2 Å². The van der Waals surface area contributed by atoms with E-state index in [9.17, 15) is 14.7 Å². The Balaban J connectivity index is 1.95. The van der Waals surface area contributed by atoms with Crippen molar-refractivity contribution in [3.63, 3.8) is 0 Å². The summed E-state index contributed by atoms with van der Waals surface area (Å²) in [5.74, 6) is 0.566. The van der Waals surface area contributed by atoms with Gasteiger partial charge in [0.15, 0.2) is 11.2 Å². The van der Waals surface area contributed by atoms with Gasteiger partial charge in [-0.1, -0.05) is 41.9 Å². The maximum atomic E-state index is 13.3. The number of benzene rings is 2. The van der Waals surface area contributed by atoms with Gasteiger partial charge in [0.1, 0.15) is 5.75 Å². The van der Waals surface area contributed by atoms with E-state index in [-0.39, 0.29) is 43.3 Å². The van der Waals surface area contributed by atoms with Crippen molar-refractivity contribution in [1.29, 1.82) is 0 Å². The smallest absolute Gasteiger partial charge is 0.332 e. The van der Waals surface area contributed by atoms with E-state index < -0.39 is 11.2 Å². The maximum Gasteiger partial charge on any atom is 0.332 e. The molecule has 2 aromatic carbocycles. The van der Waals surface area contributed by atoms with Crippen LogP contribution in [-0.4, -0.2) is 30.4 Å². The molecule has 0 saturated heterocycles. The van der Waals surface area contributed by atoms with Crippen LogP contribution in [0.4, 0.5) is 0 Å². The number of aliphatic hydroxyl groups excluding tert-OH is 1. The lowest BCUT2D eigenvalue weighted by atomic mass is 10.2. The molecule has 0 aliphatic carbocycles. The number of para-hydroxylation sites is 1. The lowest BCUT2D eigenvalue weighted by Crippen LogP contribution is -2.39. The number of aliphatic hydroxyl groups is 1. The Kier molecular flexibility index (Phi) is 6.46. The molecular formula is C22H22ClN4O4P. The molecular weight excluding hydrogens is 451 g/mol. The lowest BCUT2D eigenvalue weighted by Gasteiger charge is -2.12. The molecule has 2 aromatic heterocycles. The van der Waals surface area contributed by atoms with E-state index in [1.807, 2.05) is 30.3 Å². The molecule has 8 nitrogen and oxygen atoms in total. The summed E-state index contributed by atoms with van der Waals surface area (Å²) in [6.07, 6.45) is 0.287. The van der Waals surface area contributed by atoms with Gasteiger partial charge in [0.05, 0.1) is 6.54 Å². The third-order valence-electron chi connectivity index (χ3n) is 5.11. The minimum Gasteiger partial charge on any atom is -0.425 e. The van der Waals surface area contributed by atoms with Gasteiger partial charge in [-0.3, -0.25) is 18.5 Å². The third-order valence-corrected chi connectivity index (χ3v) is 5.84. The quantitative estimate of drug-likeness (QED) is 0.417. The van der Waals surface area contributed by atoms with Crippen molar-refractivity contribution in [2.24, 2.45) is 7.05 Å². The normalized spacial score (nSPS) is 11.2. The molecule has 4 aromatic rings. The van der Waals surface area contributed by atoms with Gasteiger partial charge in [-0.05, 0) is 30.2 Å². The fraction of sp³-hybridized carbons (Fsp3) is 0.227. The number of aryl methyl sites for hydroxylation is 1. The van der Waals surface area contributed by atoms with Crippen LogP contribution >= 0.6 is 20.8 Å². The molecule has 0 aliphatic heterocycles. The lowest BCUT2D eigenvalue weighted by molar-refractivity contribution is 0.277. The van der Waals surface area contributed by atoms with Crippen molar-refractivity contribution in [3.8, 4) is 11.8 Å². The highest BCUT2D eigenvalue weighted by atomic mass is 35.5. The molecule has 0 fully saturated rings. The van der Waals surface area contributed by atoms with Crippen molar-refractivity contribution in [3.05, 3.63) is 80.0 Å². The fourth-order valence-corrected chi connectivity index (χ4v) is 3.84. The average Bonchev–Trinajstić information content (AvgIpc) is 3.13. The first-order valence-electron chi connectivity index (χ1n) is 9.98. The minimum absolute atomic E-state index is 0.106. The number of nitrogens with zero attached hydrogens (tertiary/aromatic N) is 4. The van der Waals surface area contributed by atoms with Crippen LogP contribution in [0, 0.1) is 0 Å². The molecule has 0 amide bonds. The Morgan fingerprint density at radius 3 is 2.50 bits per heavy atom. The Labute approximate surface area is 190 Å². The third kappa shape index (κ3) is 4.21. The number of ether oxygens (including phenoxy) is 1. The number of rotatable bonds is 7. The number of imidazole rings is 1. The van der Waals surface area contributed by atoms with Crippen LogP contribution in [0.25, 0.3) is 11.2 Å². The first-order chi connectivity index (χ1) is 15.4. The average molecular weight is 473 g/mol. The van der Waals surface area contributed by atoms with Gasteiger partial charge in [0, 0.05) is 30.5 Å². The SMILES string of the molecule is Cn1c(=O)n(CCCO)c(=O)c2c1nc(Oc1ccccc1P)n2Cc1ccc(Cl)cc1. The Hall–Kier alpha value is -2.93. The van der Waals surface area contributed by atoms with Crippen molar-refractivity contribution < 1.29 is 9.84 Å². The van der Waals surface area contributed by atoms with Crippen molar-refractivity contribution in [2.75, 3.05) is 6.61 Å². The van der Waals surface area contributed by atoms with Gasteiger partial charge in [-0.2, -0.15) is 4.98 Å². The molecule has 2 heterocycles. The molecule has 0 saturated carbocycles. The van der Waals surface area contributed by atoms with Gasteiger partial charge in [0.25, 0.3) is 5.56 Å². The first-order valence-corrected chi connectivity index (χ1v) is 10.9. The van der Waals surface area contributed by atoms with E-state index in [1.54, 1.807) is 29.8 Å². The zero-order valence-electron chi connectivity index (χ0n) is 17.4. The predicted molar refractivity (Wildman–Crippen MR) is 127 cm³/mol. The highest BCUT2D eigenvalue weighted by Gasteiger charge is 2.22. The number of hydrogen-bond donors (Lipinski definition) is 1. The largest absolute Gasteiger partial charge is 0.425 e. The molecule has 1 atom stereocenters. The number of fused-ring (bicyclic) bond motifs is 1. The summed E-state index contributed by atoms with van der Waals surface area (Å²) in [6, 6.07) is 14.8. The van der Waals surface area contributed by atoms with Crippen LogP contribution in [0.3, 0.4) is 0 Å². The van der Waals surface area contributed by atoms with Crippen LogP contribution < -0.4 is 21.3 Å². The van der Waals surface area contributed by atoms with Crippen molar-refractivity contribution in [2.45, 2.75) is 19.5 Å². The minimum atomic E-state index is -0.495. The molecule has 32 heavy (non-hydrogen) atoms. The van der Waals surface area contributed by atoms with E-state index >= 15 is 0 Å². The highest BCUT2D eigenvalue weighted by Crippen LogP contribution is 2.25. The van der Waals surface area contributed by atoms with E-state index in [0.29, 0.717) is 10.8 Å². The number of hydrogen-bond acceptors (Lipinski definition) is 5. The molecule has 0 spiro atoms. The standard InChI is InChI=1S/C22H22ClN4O4P/c1-25-19-18(20(29)26(22(25)30)11-4-12-28)27(13-14-7-9-15(23)10-8-14)21(24-19)31-16-5-2-3-6-17(16)32/h2-3,5-10,28H,4,11-13,32H2,1H3. The number of aromatic nitrogens is 4. The van der Waals surface area contributed by atoms with Gasteiger partial charge in [0.2, 0.25) is 0 Å². The summed E-state index contributed by atoms with van der Waals surface area (Å²) in [5.41, 5.74) is 0.381. The van der Waals surface area contributed by atoms with Gasteiger partial charge < -0.3 is 9.84 Å². The second kappa shape index (κ2) is 9.28. The monoisotopic (exact) mass is 472 g/mol. The molecule has 10 heteroatoms. The van der Waals surface area contributed by atoms with Crippen molar-refractivity contribution in [1.82, 2.24) is 18.7 Å². The summed E-state index contributed by atoms with van der Waals surface area (Å²) in [5, 5.41) is 10.6. The molecule has 166 valence electrons. The van der Waals surface area contributed by atoms with E-state index in [1.165, 1.54) is 4.57 Å². The molecule has 0 bridgehead atoms. The topological polar surface area (TPSA) is 91.3 Å². The molecule has 1 N–H and O–H groups in total. The van der Waals surface area contributed by atoms with Crippen LogP contribution in [-0.2, 0) is 20.1 Å². The zero-order valence-corrected chi connectivity index (χ0v) is 19.3. The Bertz CT molecular complexity index is 1390. The summed E-state index contributed by atoms with van der Waals surface area (Å²) < 4.78 is 10.2. The highest BCUT2D eigenvalue weighted by molar-refractivity contribution is 7.27. The predicted octanol–water partition coefficient (Wildman–Crippen LogP) is 2.27. The Morgan fingerprint density at radius 2 is 1.81 bits per heavy atom. The van der Waals surface area contributed by atoms with Crippen LogP contribution in [0.2, 0.25) is 5.02 Å². The molecule has 4 rings (SSSR count). The second-order valence-corrected chi connectivity index (χ2v) is 8.35. The number of halogens is 1. The Morgan fingerprint density at radius 1 is 1.09 bits per heavy atom. The summed E-state index contributed by atoms with van der Waals surface area (Å²) in [6.45, 7) is 0.265. The van der Waals surface area contributed by atoms with Crippen molar-refractivity contribution >= 4 is 37.3 Å². The molecule has 0 radical (unpaired) electrons. The summed E-state index contributed by atoms with van der Waals surface area (Å²) in [4.78, 5) is 30.6. The fourth-order valence-electron chi connectivity index (χ4n) is 3.45. The molecule has 1 unspecified atom stereocenters. The zero-order chi connectivity index (χ0) is 22.8. The van der Waals surface area contributed by atoms with E-state index in [0.717, 1.165) is 15.4 Å². The van der Waals surface area contributed by atoms with Crippen LogP contribution in [0.15, 0.2) is 58.1 Å². The van der Waals surface area contributed by atoms with E-state index in [4.69, 9.17) is 16.3 Å². The second-order valence-electron chi connectivity index (χ2n) is 7.29. The first kappa shape index (κ1) is 22.3. The maximum absolute atomic E-state index is 13.3.